The summed E-state index contributed by atoms with van der Waals surface area (Å²) >= 11 is 0. The molecule has 21 heavy (non-hydrogen) atoms. The number of benzene rings is 1. The largest absolute Gasteiger partial charge is 0.313 e. The Balaban J connectivity index is 2.22. The molecule has 1 aliphatic rings. The zero-order valence-electron chi connectivity index (χ0n) is 13.1. The molecule has 4 nitrogen and oxygen atoms in total. The van der Waals surface area contributed by atoms with Gasteiger partial charge in [0.15, 0.2) is 0 Å². The first-order valence-electron chi connectivity index (χ1n) is 7.85. The van der Waals surface area contributed by atoms with Crippen molar-refractivity contribution in [1.29, 1.82) is 0 Å². The second-order valence-electron chi connectivity index (χ2n) is 5.75. The first-order chi connectivity index (χ1) is 9.97. The molecule has 0 aliphatic carbocycles. The smallest absolute Gasteiger partial charge is 0.240 e. The van der Waals surface area contributed by atoms with Crippen LogP contribution in [0.25, 0.3) is 0 Å². The Labute approximate surface area is 128 Å². The van der Waals surface area contributed by atoms with Crippen molar-refractivity contribution in [3.63, 3.8) is 0 Å². The van der Waals surface area contributed by atoms with Gasteiger partial charge in [-0.05, 0) is 62.4 Å². The van der Waals surface area contributed by atoms with Gasteiger partial charge in [0, 0.05) is 12.1 Å². The lowest BCUT2D eigenvalue weighted by Crippen LogP contribution is -2.51. The molecule has 0 bridgehead atoms. The van der Waals surface area contributed by atoms with Crippen LogP contribution in [0.3, 0.4) is 0 Å². The number of sulfonamides is 1. The third-order valence-electron chi connectivity index (χ3n) is 4.32. The van der Waals surface area contributed by atoms with Crippen LogP contribution >= 0.6 is 0 Å². The van der Waals surface area contributed by atoms with E-state index < -0.39 is 10.0 Å². The molecule has 0 aromatic heterocycles. The van der Waals surface area contributed by atoms with Gasteiger partial charge in [0.05, 0.1) is 4.90 Å². The van der Waals surface area contributed by atoms with E-state index in [-0.39, 0.29) is 12.1 Å². The molecule has 1 saturated heterocycles. The zero-order chi connectivity index (χ0) is 15.5. The van der Waals surface area contributed by atoms with Gasteiger partial charge in [0.1, 0.15) is 0 Å². The van der Waals surface area contributed by atoms with E-state index in [2.05, 4.69) is 23.9 Å². The number of hydrogen-bond donors (Lipinski definition) is 2. The van der Waals surface area contributed by atoms with Crippen LogP contribution in [0.4, 0.5) is 0 Å². The Morgan fingerprint density at radius 1 is 1.24 bits per heavy atom. The maximum atomic E-state index is 12.6. The molecule has 0 spiro atoms. The van der Waals surface area contributed by atoms with Crippen molar-refractivity contribution < 1.29 is 8.42 Å². The van der Waals surface area contributed by atoms with E-state index in [1.54, 1.807) is 6.07 Å². The fraction of sp³-hybridized carbons (Fsp3) is 0.625. The number of aryl methyl sites for hydroxylation is 2. The van der Waals surface area contributed by atoms with E-state index in [1.807, 2.05) is 19.1 Å². The van der Waals surface area contributed by atoms with Gasteiger partial charge in [-0.1, -0.05) is 19.9 Å². The maximum absolute atomic E-state index is 12.6. The van der Waals surface area contributed by atoms with E-state index in [4.69, 9.17) is 0 Å². The van der Waals surface area contributed by atoms with Crippen LogP contribution in [0.2, 0.25) is 0 Å². The molecule has 1 aliphatic heterocycles. The highest BCUT2D eigenvalue weighted by atomic mass is 32.2. The molecule has 1 fully saturated rings. The standard InChI is InChI=1S/C16H26N2O2S/c1-4-13-8-9-15(11-14(13)5-2)21(19,20)18-16-7-6-10-17-12(16)3/h8-9,11-12,16-18H,4-7,10H2,1-3H3. The molecular weight excluding hydrogens is 284 g/mol. The average Bonchev–Trinajstić information content (AvgIpc) is 2.48. The molecule has 1 aromatic carbocycles. The Morgan fingerprint density at radius 3 is 2.57 bits per heavy atom. The van der Waals surface area contributed by atoms with E-state index in [1.165, 1.54) is 5.56 Å². The van der Waals surface area contributed by atoms with Crippen LogP contribution in [0.5, 0.6) is 0 Å². The monoisotopic (exact) mass is 310 g/mol. The summed E-state index contributed by atoms with van der Waals surface area (Å²) < 4.78 is 28.0. The van der Waals surface area contributed by atoms with Gasteiger partial charge in [-0.15, -0.1) is 0 Å². The third kappa shape index (κ3) is 3.84. The van der Waals surface area contributed by atoms with Gasteiger partial charge in [0.2, 0.25) is 10.0 Å². The van der Waals surface area contributed by atoms with Crippen molar-refractivity contribution in [2.45, 2.75) is 63.4 Å². The van der Waals surface area contributed by atoms with Crippen LogP contribution in [-0.2, 0) is 22.9 Å². The van der Waals surface area contributed by atoms with Crippen molar-refractivity contribution in [2.24, 2.45) is 0 Å². The van der Waals surface area contributed by atoms with Gasteiger partial charge in [-0.25, -0.2) is 13.1 Å². The highest BCUT2D eigenvalue weighted by Crippen LogP contribution is 2.19. The Hall–Kier alpha value is -0.910. The van der Waals surface area contributed by atoms with Gasteiger partial charge in [0.25, 0.3) is 0 Å². The number of nitrogens with one attached hydrogen (secondary N) is 2. The number of hydrogen-bond acceptors (Lipinski definition) is 3. The SMILES string of the molecule is CCc1ccc(S(=O)(=O)NC2CCCNC2C)cc1CC. The zero-order valence-corrected chi connectivity index (χ0v) is 14.0. The van der Waals surface area contributed by atoms with E-state index in [0.717, 1.165) is 37.8 Å². The Bertz CT molecular complexity index is 584. The second kappa shape index (κ2) is 6.90. The fourth-order valence-corrected chi connectivity index (χ4v) is 4.32. The Kier molecular flexibility index (Phi) is 5.41. The molecule has 0 saturated carbocycles. The lowest BCUT2D eigenvalue weighted by molar-refractivity contribution is 0.349. The van der Waals surface area contributed by atoms with Crippen molar-refractivity contribution in [1.82, 2.24) is 10.0 Å². The van der Waals surface area contributed by atoms with Gasteiger partial charge < -0.3 is 5.32 Å². The van der Waals surface area contributed by atoms with Gasteiger partial charge >= 0.3 is 0 Å². The molecule has 118 valence electrons. The minimum Gasteiger partial charge on any atom is -0.313 e. The summed E-state index contributed by atoms with van der Waals surface area (Å²) in [6.45, 7) is 7.15. The van der Waals surface area contributed by atoms with E-state index >= 15 is 0 Å². The van der Waals surface area contributed by atoms with Crippen molar-refractivity contribution >= 4 is 10.0 Å². The predicted molar refractivity (Wildman–Crippen MR) is 86.0 cm³/mol. The van der Waals surface area contributed by atoms with Crippen LogP contribution in [-0.4, -0.2) is 27.0 Å². The molecule has 2 rings (SSSR count). The normalized spacial score (nSPS) is 23.2. The van der Waals surface area contributed by atoms with E-state index in [9.17, 15) is 8.42 Å². The van der Waals surface area contributed by atoms with Gasteiger partial charge in [-0.2, -0.15) is 0 Å². The fourth-order valence-electron chi connectivity index (χ4n) is 2.92. The topological polar surface area (TPSA) is 58.2 Å². The summed E-state index contributed by atoms with van der Waals surface area (Å²) in [5.74, 6) is 0. The lowest BCUT2D eigenvalue weighted by Gasteiger charge is -2.30. The molecular formula is C16H26N2O2S. The Morgan fingerprint density at radius 2 is 1.95 bits per heavy atom. The summed E-state index contributed by atoms with van der Waals surface area (Å²) in [6, 6.07) is 5.63. The third-order valence-corrected chi connectivity index (χ3v) is 5.81. The summed E-state index contributed by atoms with van der Waals surface area (Å²) in [5.41, 5.74) is 2.35. The molecule has 0 amide bonds. The van der Waals surface area contributed by atoms with Crippen molar-refractivity contribution in [3.8, 4) is 0 Å². The first-order valence-corrected chi connectivity index (χ1v) is 9.33. The number of piperidine rings is 1. The first kappa shape index (κ1) is 16.5. The molecule has 2 atom stereocenters. The summed E-state index contributed by atoms with van der Waals surface area (Å²) in [6.07, 6.45) is 3.68. The average molecular weight is 310 g/mol. The lowest BCUT2D eigenvalue weighted by atomic mass is 10.0. The van der Waals surface area contributed by atoms with E-state index in [0.29, 0.717) is 4.90 Å². The van der Waals surface area contributed by atoms with Crippen molar-refractivity contribution in [3.05, 3.63) is 29.3 Å². The quantitative estimate of drug-likeness (QED) is 0.877. The summed E-state index contributed by atoms with van der Waals surface area (Å²) in [7, 11) is -3.44. The minimum atomic E-state index is -3.44. The van der Waals surface area contributed by atoms with Gasteiger partial charge in [-0.3, -0.25) is 0 Å². The predicted octanol–water partition coefficient (Wildman–Crippen LogP) is 2.23. The summed E-state index contributed by atoms with van der Waals surface area (Å²) in [4.78, 5) is 0.384. The van der Waals surface area contributed by atoms with Crippen LogP contribution < -0.4 is 10.0 Å². The molecule has 1 heterocycles. The van der Waals surface area contributed by atoms with Crippen LogP contribution in [0.1, 0.15) is 44.7 Å². The number of rotatable bonds is 5. The minimum absolute atomic E-state index is 0.0281. The highest BCUT2D eigenvalue weighted by Gasteiger charge is 2.26. The van der Waals surface area contributed by atoms with Crippen molar-refractivity contribution in [2.75, 3.05) is 6.54 Å². The van der Waals surface area contributed by atoms with Crippen LogP contribution in [0, 0.1) is 0 Å². The molecule has 0 radical (unpaired) electrons. The summed E-state index contributed by atoms with van der Waals surface area (Å²) in [5, 5.41) is 3.32. The maximum Gasteiger partial charge on any atom is 0.240 e. The highest BCUT2D eigenvalue weighted by molar-refractivity contribution is 7.89. The molecule has 2 N–H and O–H groups in total. The molecule has 1 aromatic rings. The van der Waals surface area contributed by atoms with Crippen LogP contribution in [0.15, 0.2) is 23.1 Å². The second-order valence-corrected chi connectivity index (χ2v) is 7.46. The molecule has 5 heteroatoms. The molecule has 2 unspecified atom stereocenters.